The van der Waals surface area contributed by atoms with Crippen molar-refractivity contribution >= 4 is 0 Å². The van der Waals surface area contributed by atoms with Gasteiger partial charge < -0.3 is 5.11 Å². The van der Waals surface area contributed by atoms with Gasteiger partial charge in [-0.3, -0.25) is 0 Å². The van der Waals surface area contributed by atoms with Crippen LogP contribution in [0.4, 0.5) is 0 Å². The summed E-state index contributed by atoms with van der Waals surface area (Å²) in [7, 11) is 0. The lowest BCUT2D eigenvalue weighted by Gasteiger charge is -2.10. The SMILES string of the molecule is Oc1ccc(-c2ccc(C3CCCC3)cc2)cc1. The highest BCUT2D eigenvalue weighted by Gasteiger charge is 2.16. The van der Waals surface area contributed by atoms with Crippen LogP contribution >= 0.6 is 0 Å². The summed E-state index contributed by atoms with van der Waals surface area (Å²) < 4.78 is 0. The monoisotopic (exact) mass is 238 g/mol. The summed E-state index contributed by atoms with van der Waals surface area (Å²) in [4.78, 5) is 0. The molecule has 0 aromatic heterocycles. The van der Waals surface area contributed by atoms with Crippen LogP contribution in [-0.4, -0.2) is 5.11 Å². The number of phenols is 1. The Hall–Kier alpha value is -1.76. The molecule has 1 heteroatoms. The highest BCUT2D eigenvalue weighted by atomic mass is 16.3. The van der Waals surface area contributed by atoms with Crippen LogP contribution in [0.5, 0.6) is 5.75 Å². The van der Waals surface area contributed by atoms with E-state index in [1.807, 2.05) is 12.1 Å². The van der Waals surface area contributed by atoms with Gasteiger partial charge in [0.15, 0.2) is 0 Å². The van der Waals surface area contributed by atoms with Crippen LogP contribution in [0.15, 0.2) is 48.5 Å². The summed E-state index contributed by atoms with van der Waals surface area (Å²) in [5, 5.41) is 9.29. The van der Waals surface area contributed by atoms with E-state index in [4.69, 9.17) is 0 Å². The molecule has 0 unspecified atom stereocenters. The molecule has 1 aliphatic rings. The maximum absolute atomic E-state index is 9.29. The normalized spacial score (nSPS) is 16.0. The van der Waals surface area contributed by atoms with E-state index in [1.165, 1.54) is 36.8 Å². The Kier molecular flexibility index (Phi) is 3.06. The van der Waals surface area contributed by atoms with E-state index in [9.17, 15) is 5.11 Å². The number of aromatic hydroxyl groups is 1. The summed E-state index contributed by atoms with van der Waals surface area (Å²) in [6, 6.07) is 16.3. The standard InChI is InChI=1S/C17H18O/c18-17-11-9-16(10-12-17)15-7-5-14(6-8-15)13-3-1-2-4-13/h5-13,18H,1-4H2. The van der Waals surface area contributed by atoms with Crippen LogP contribution in [0.3, 0.4) is 0 Å². The zero-order valence-corrected chi connectivity index (χ0v) is 10.5. The maximum atomic E-state index is 9.29. The van der Waals surface area contributed by atoms with Crippen molar-refractivity contribution in [3.8, 4) is 16.9 Å². The first-order chi connectivity index (χ1) is 8.83. The molecule has 92 valence electrons. The Bertz CT molecular complexity index is 504. The lowest BCUT2D eigenvalue weighted by Crippen LogP contribution is -1.91. The molecule has 1 nitrogen and oxygen atoms in total. The van der Waals surface area contributed by atoms with Crippen molar-refractivity contribution in [3.63, 3.8) is 0 Å². The zero-order valence-electron chi connectivity index (χ0n) is 10.5. The van der Waals surface area contributed by atoms with Crippen LogP contribution in [0, 0.1) is 0 Å². The second-order valence-electron chi connectivity index (χ2n) is 5.15. The van der Waals surface area contributed by atoms with Crippen molar-refractivity contribution in [2.24, 2.45) is 0 Å². The van der Waals surface area contributed by atoms with E-state index in [2.05, 4.69) is 24.3 Å². The quantitative estimate of drug-likeness (QED) is 0.802. The highest BCUT2D eigenvalue weighted by Crippen LogP contribution is 2.34. The fraction of sp³-hybridized carbons (Fsp3) is 0.294. The molecule has 0 amide bonds. The van der Waals surface area contributed by atoms with Crippen molar-refractivity contribution in [2.45, 2.75) is 31.6 Å². The topological polar surface area (TPSA) is 20.2 Å². The maximum Gasteiger partial charge on any atom is 0.115 e. The first-order valence-electron chi connectivity index (χ1n) is 6.72. The first-order valence-corrected chi connectivity index (χ1v) is 6.72. The third-order valence-electron chi connectivity index (χ3n) is 3.94. The zero-order chi connectivity index (χ0) is 12.4. The van der Waals surface area contributed by atoms with Crippen LogP contribution < -0.4 is 0 Å². The molecule has 1 aliphatic carbocycles. The molecule has 3 rings (SSSR count). The van der Waals surface area contributed by atoms with Gasteiger partial charge in [-0.1, -0.05) is 49.2 Å². The fourth-order valence-corrected chi connectivity index (χ4v) is 2.86. The van der Waals surface area contributed by atoms with E-state index >= 15 is 0 Å². The van der Waals surface area contributed by atoms with Gasteiger partial charge in [0, 0.05) is 0 Å². The molecule has 18 heavy (non-hydrogen) atoms. The van der Waals surface area contributed by atoms with Gasteiger partial charge in [0.25, 0.3) is 0 Å². The lowest BCUT2D eigenvalue weighted by molar-refractivity contribution is 0.475. The van der Waals surface area contributed by atoms with E-state index in [1.54, 1.807) is 12.1 Å². The van der Waals surface area contributed by atoms with Gasteiger partial charge in [-0.2, -0.15) is 0 Å². The third kappa shape index (κ3) is 2.26. The highest BCUT2D eigenvalue weighted by molar-refractivity contribution is 5.64. The molecule has 0 bridgehead atoms. The molecule has 1 saturated carbocycles. The Morgan fingerprint density at radius 2 is 1.22 bits per heavy atom. The number of hydrogen-bond acceptors (Lipinski definition) is 1. The number of rotatable bonds is 2. The van der Waals surface area contributed by atoms with Crippen molar-refractivity contribution < 1.29 is 5.11 Å². The van der Waals surface area contributed by atoms with Crippen molar-refractivity contribution in [1.82, 2.24) is 0 Å². The van der Waals surface area contributed by atoms with Crippen LogP contribution in [-0.2, 0) is 0 Å². The molecule has 0 atom stereocenters. The van der Waals surface area contributed by atoms with E-state index < -0.39 is 0 Å². The summed E-state index contributed by atoms with van der Waals surface area (Å²) in [6.07, 6.45) is 5.45. The fourth-order valence-electron chi connectivity index (χ4n) is 2.86. The van der Waals surface area contributed by atoms with Gasteiger partial charge in [-0.25, -0.2) is 0 Å². The van der Waals surface area contributed by atoms with Gasteiger partial charge in [0.1, 0.15) is 5.75 Å². The summed E-state index contributed by atoms with van der Waals surface area (Å²) in [6.45, 7) is 0. The molecule has 1 fully saturated rings. The minimum Gasteiger partial charge on any atom is -0.508 e. The lowest BCUT2D eigenvalue weighted by atomic mass is 9.95. The Labute approximate surface area is 108 Å². The first kappa shape index (κ1) is 11.3. The molecule has 0 radical (unpaired) electrons. The molecule has 1 N–H and O–H groups in total. The van der Waals surface area contributed by atoms with Gasteiger partial charge in [0.2, 0.25) is 0 Å². The average Bonchev–Trinajstić information content (AvgIpc) is 2.94. The summed E-state index contributed by atoms with van der Waals surface area (Å²) in [5.41, 5.74) is 3.86. The molecule has 0 saturated heterocycles. The Morgan fingerprint density at radius 1 is 0.722 bits per heavy atom. The summed E-state index contributed by atoms with van der Waals surface area (Å²) >= 11 is 0. The van der Waals surface area contributed by atoms with Crippen molar-refractivity contribution in [3.05, 3.63) is 54.1 Å². The Morgan fingerprint density at radius 3 is 1.78 bits per heavy atom. The molecule has 0 heterocycles. The van der Waals surface area contributed by atoms with Crippen LogP contribution in [0.1, 0.15) is 37.2 Å². The van der Waals surface area contributed by atoms with Gasteiger partial charge in [-0.05, 0) is 47.6 Å². The van der Waals surface area contributed by atoms with Gasteiger partial charge in [-0.15, -0.1) is 0 Å². The minimum atomic E-state index is 0.321. The molecule has 2 aromatic rings. The largest absolute Gasteiger partial charge is 0.508 e. The van der Waals surface area contributed by atoms with E-state index in [-0.39, 0.29) is 0 Å². The average molecular weight is 238 g/mol. The molecular weight excluding hydrogens is 220 g/mol. The number of phenolic OH excluding ortho intramolecular Hbond substituents is 1. The van der Waals surface area contributed by atoms with Crippen molar-refractivity contribution in [2.75, 3.05) is 0 Å². The Balaban J connectivity index is 1.84. The van der Waals surface area contributed by atoms with E-state index in [0.29, 0.717) is 5.75 Å². The van der Waals surface area contributed by atoms with Crippen molar-refractivity contribution in [1.29, 1.82) is 0 Å². The number of benzene rings is 2. The van der Waals surface area contributed by atoms with Crippen LogP contribution in [0.2, 0.25) is 0 Å². The van der Waals surface area contributed by atoms with E-state index in [0.717, 1.165) is 11.5 Å². The predicted octanol–water partition coefficient (Wildman–Crippen LogP) is 4.72. The second kappa shape index (κ2) is 4.85. The smallest absolute Gasteiger partial charge is 0.115 e. The molecule has 0 aliphatic heterocycles. The molecule has 0 spiro atoms. The van der Waals surface area contributed by atoms with Crippen LogP contribution in [0.25, 0.3) is 11.1 Å². The summed E-state index contributed by atoms with van der Waals surface area (Å²) in [5.74, 6) is 1.10. The van der Waals surface area contributed by atoms with Gasteiger partial charge >= 0.3 is 0 Å². The minimum absolute atomic E-state index is 0.321. The third-order valence-corrected chi connectivity index (χ3v) is 3.94. The molecule has 2 aromatic carbocycles. The predicted molar refractivity (Wildman–Crippen MR) is 74.8 cm³/mol. The number of hydrogen-bond donors (Lipinski definition) is 1. The second-order valence-corrected chi connectivity index (χ2v) is 5.15. The molecular formula is C17H18O. The van der Waals surface area contributed by atoms with Gasteiger partial charge in [0.05, 0.1) is 0 Å².